The minimum atomic E-state index is -2.08. The highest BCUT2D eigenvalue weighted by atomic mass is 16.5. The molecule has 11 heteroatoms. The maximum Gasteiger partial charge on any atom is 0.274 e. The number of aromatic nitrogens is 3. The van der Waals surface area contributed by atoms with Crippen molar-refractivity contribution in [1.82, 2.24) is 15.2 Å². The van der Waals surface area contributed by atoms with Gasteiger partial charge in [0.2, 0.25) is 11.5 Å². The van der Waals surface area contributed by atoms with E-state index >= 15 is 0 Å². The van der Waals surface area contributed by atoms with Crippen LogP contribution in [0.1, 0.15) is 19.5 Å². The Morgan fingerprint density at radius 1 is 0.913 bits per heavy atom. The number of carbonyl (C=O) groups excluding carboxylic acids is 3. The topological polar surface area (TPSA) is 121 Å². The van der Waals surface area contributed by atoms with E-state index in [2.05, 4.69) is 15.2 Å². The molecule has 3 amide bonds. The number of nitrogens with one attached hydrogen (secondary N) is 1. The zero-order valence-electron chi connectivity index (χ0n) is 26.0. The van der Waals surface area contributed by atoms with Gasteiger partial charge in [0.05, 0.1) is 35.9 Å². The lowest BCUT2D eigenvalue weighted by Crippen LogP contribution is -2.60. The van der Waals surface area contributed by atoms with Gasteiger partial charge in [0.25, 0.3) is 11.8 Å². The zero-order chi connectivity index (χ0) is 32.4. The molecule has 1 atom stereocenters. The molecule has 3 aromatic carbocycles. The normalized spacial score (nSPS) is 16.5. The summed E-state index contributed by atoms with van der Waals surface area (Å²) in [5.41, 5.74) is 1.03. The number of amides is 3. The minimum absolute atomic E-state index is 0.163. The van der Waals surface area contributed by atoms with Gasteiger partial charge < -0.3 is 14.4 Å². The van der Waals surface area contributed by atoms with Gasteiger partial charge in [-0.25, -0.2) is 0 Å². The lowest BCUT2D eigenvalue weighted by Gasteiger charge is -2.34. The second kappa shape index (κ2) is 12.4. The second-order valence-corrected chi connectivity index (χ2v) is 11.2. The Morgan fingerprint density at radius 3 is 2.30 bits per heavy atom. The molecule has 1 aliphatic rings. The number of hydrogen-bond donors (Lipinski definition) is 1. The highest BCUT2D eigenvalue weighted by molar-refractivity contribution is 6.26. The number of anilines is 4. The molecule has 5 aromatic rings. The van der Waals surface area contributed by atoms with E-state index in [0.717, 1.165) is 5.39 Å². The lowest BCUT2D eigenvalue weighted by molar-refractivity contribution is -0.153. The number of nitrogens with zero attached hydrogens (tertiary/aromatic N) is 5. The van der Waals surface area contributed by atoms with Crippen molar-refractivity contribution in [2.45, 2.75) is 31.9 Å². The number of aromatic amines is 1. The Hall–Kier alpha value is -5.55. The van der Waals surface area contributed by atoms with Gasteiger partial charge >= 0.3 is 0 Å². The molecule has 46 heavy (non-hydrogen) atoms. The number of para-hydroxylation sites is 3. The summed E-state index contributed by atoms with van der Waals surface area (Å²) >= 11 is 0. The van der Waals surface area contributed by atoms with E-state index in [0.29, 0.717) is 39.7 Å². The quantitative estimate of drug-likeness (QED) is 0.230. The van der Waals surface area contributed by atoms with Gasteiger partial charge in [0.15, 0.2) is 0 Å². The van der Waals surface area contributed by atoms with E-state index in [4.69, 9.17) is 9.47 Å². The van der Waals surface area contributed by atoms with Gasteiger partial charge in [-0.05, 0) is 68.4 Å². The summed E-state index contributed by atoms with van der Waals surface area (Å²) in [5, 5.41) is 8.15. The summed E-state index contributed by atoms with van der Waals surface area (Å²) in [6.07, 6.45) is 2.99. The van der Waals surface area contributed by atoms with E-state index in [-0.39, 0.29) is 24.9 Å². The fraction of sp³-hybridized carbons (Fsp3) is 0.229. The first-order valence-corrected chi connectivity index (χ1v) is 14.9. The van der Waals surface area contributed by atoms with Crippen molar-refractivity contribution in [3.8, 4) is 5.75 Å². The van der Waals surface area contributed by atoms with E-state index in [1.54, 1.807) is 85.1 Å². The molecule has 0 spiro atoms. The molecule has 1 unspecified atom stereocenters. The van der Waals surface area contributed by atoms with E-state index in [9.17, 15) is 14.4 Å². The molecule has 0 bridgehead atoms. The molecule has 0 radical (unpaired) electrons. The molecule has 1 aliphatic heterocycles. The van der Waals surface area contributed by atoms with Crippen LogP contribution in [-0.2, 0) is 25.5 Å². The number of methoxy groups -OCH3 is 2. The van der Waals surface area contributed by atoms with Crippen LogP contribution >= 0.6 is 0 Å². The number of benzene rings is 3. The summed E-state index contributed by atoms with van der Waals surface area (Å²) in [7, 11) is 2.91. The largest absolute Gasteiger partial charge is 0.497 e. The molecule has 6 rings (SSSR count). The number of pyridine rings is 1. The first-order chi connectivity index (χ1) is 22.3. The molecular weight excluding hydrogens is 584 g/mol. The van der Waals surface area contributed by atoms with Gasteiger partial charge in [-0.1, -0.05) is 30.3 Å². The Labute approximate surface area is 266 Å². The van der Waals surface area contributed by atoms with Gasteiger partial charge in [-0.2, -0.15) is 5.10 Å². The van der Waals surface area contributed by atoms with Crippen molar-refractivity contribution in [1.29, 1.82) is 0 Å². The number of rotatable bonds is 9. The van der Waals surface area contributed by atoms with Crippen LogP contribution in [0, 0.1) is 0 Å². The number of carbonyl (C=O) groups is 3. The van der Waals surface area contributed by atoms with Gasteiger partial charge in [-0.3, -0.25) is 34.3 Å². The smallest absolute Gasteiger partial charge is 0.274 e. The number of ether oxygens (including phenoxy) is 2. The highest BCUT2D eigenvalue weighted by Gasteiger charge is 2.55. The standard InChI is InChI=1S/C35H34N6O5/c1-23(2)40(24-15-17-26(45-3)18-16-24)32(42)22-39-30-13-7-8-14-31(30)41(25-10-9-19-36-21-25)34(44)35(46-4,33(39)43)20-29-27-11-5-6-12-28(27)37-38-29/h5-19,21,23H,20,22H2,1-4H3,(H,37,38). The molecule has 1 N–H and O–H groups in total. The van der Waals surface area contributed by atoms with Crippen molar-refractivity contribution < 1.29 is 23.9 Å². The molecule has 2 aromatic heterocycles. The Balaban J connectivity index is 1.50. The van der Waals surface area contributed by atoms with E-state index in [1.807, 2.05) is 38.1 Å². The van der Waals surface area contributed by atoms with Crippen LogP contribution in [0.15, 0.2) is 97.3 Å². The molecule has 11 nitrogen and oxygen atoms in total. The maximum absolute atomic E-state index is 15.0. The number of H-pyrrole nitrogens is 1. The van der Waals surface area contributed by atoms with Crippen molar-refractivity contribution in [2.75, 3.05) is 35.5 Å². The van der Waals surface area contributed by atoms with Crippen LogP contribution in [0.25, 0.3) is 10.9 Å². The first kappa shape index (κ1) is 30.5. The average Bonchev–Trinajstić information content (AvgIpc) is 3.46. The predicted molar refractivity (Wildman–Crippen MR) is 175 cm³/mol. The molecule has 3 heterocycles. The number of fused-ring (bicyclic) bond motifs is 2. The van der Waals surface area contributed by atoms with Crippen LogP contribution in [0.5, 0.6) is 5.75 Å². The van der Waals surface area contributed by atoms with Gasteiger partial charge in [-0.15, -0.1) is 0 Å². The summed E-state index contributed by atoms with van der Waals surface area (Å²) in [6, 6.07) is 24.8. The summed E-state index contributed by atoms with van der Waals surface area (Å²) in [5.74, 6) is -0.987. The van der Waals surface area contributed by atoms with Crippen LogP contribution in [-0.4, -0.2) is 65.3 Å². The molecule has 234 valence electrons. The first-order valence-electron chi connectivity index (χ1n) is 14.9. The van der Waals surface area contributed by atoms with Crippen LogP contribution in [0.3, 0.4) is 0 Å². The third-order valence-electron chi connectivity index (χ3n) is 8.20. The molecule has 0 saturated heterocycles. The van der Waals surface area contributed by atoms with Crippen molar-refractivity contribution in [2.24, 2.45) is 0 Å². The fourth-order valence-electron chi connectivity index (χ4n) is 5.97. The van der Waals surface area contributed by atoms with Gasteiger partial charge in [0.1, 0.15) is 12.3 Å². The number of hydrogen-bond acceptors (Lipinski definition) is 7. The Bertz CT molecular complexity index is 1890. The Morgan fingerprint density at radius 2 is 1.63 bits per heavy atom. The summed E-state index contributed by atoms with van der Waals surface area (Å²) in [6.45, 7) is 3.44. The van der Waals surface area contributed by atoms with Crippen LogP contribution < -0.4 is 19.4 Å². The van der Waals surface area contributed by atoms with Crippen molar-refractivity contribution >= 4 is 51.4 Å². The van der Waals surface area contributed by atoms with E-state index in [1.165, 1.54) is 16.9 Å². The second-order valence-electron chi connectivity index (χ2n) is 11.2. The SMILES string of the molecule is COc1ccc(N(C(=O)CN2C(=O)C(Cc3[nH]nc4ccccc34)(OC)C(=O)N(c3cccnc3)c3ccccc32)C(C)C)cc1. The fourth-order valence-corrected chi connectivity index (χ4v) is 5.97. The molecule has 0 fully saturated rings. The highest BCUT2D eigenvalue weighted by Crippen LogP contribution is 2.42. The van der Waals surface area contributed by atoms with Crippen LogP contribution in [0.4, 0.5) is 22.7 Å². The van der Waals surface area contributed by atoms with E-state index < -0.39 is 17.4 Å². The van der Waals surface area contributed by atoms with Crippen LogP contribution in [0.2, 0.25) is 0 Å². The van der Waals surface area contributed by atoms with Crippen molar-refractivity contribution in [3.63, 3.8) is 0 Å². The summed E-state index contributed by atoms with van der Waals surface area (Å²) < 4.78 is 11.3. The molecular formula is C35H34N6O5. The summed E-state index contributed by atoms with van der Waals surface area (Å²) in [4.78, 5) is 52.7. The van der Waals surface area contributed by atoms with Gasteiger partial charge in [0, 0.05) is 42.5 Å². The maximum atomic E-state index is 15.0. The minimum Gasteiger partial charge on any atom is -0.497 e. The molecule has 0 saturated carbocycles. The zero-order valence-corrected chi connectivity index (χ0v) is 26.0. The average molecular weight is 619 g/mol. The predicted octanol–water partition coefficient (Wildman–Crippen LogP) is 5.05. The third-order valence-corrected chi connectivity index (χ3v) is 8.20. The monoisotopic (exact) mass is 618 g/mol. The lowest BCUT2D eigenvalue weighted by atomic mass is 9.92. The third kappa shape index (κ3) is 5.24. The Kier molecular flexibility index (Phi) is 8.25. The van der Waals surface area contributed by atoms with Crippen molar-refractivity contribution in [3.05, 3.63) is 103 Å². The molecule has 0 aliphatic carbocycles.